The van der Waals surface area contributed by atoms with Crippen LogP contribution in [0, 0.1) is 23.7 Å². The molecule has 7 nitrogen and oxygen atoms in total. The summed E-state index contributed by atoms with van der Waals surface area (Å²) in [5, 5.41) is 3.52. The molecule has 3 aliphatic rings. The Morgan fingerprint density at radius 1 is 1.12 bits per heavy atom. The Bertz CT molecular complexity index is 852. The average Bonchev–Trinajstić information content (AvgIpc) is 3.32. The molecule has 3 unspecified atom stereocenters. The first kappa shape index (κ1) is 24.0. The second-order valence-electron chi connectivity index (χ2n) is 10.5. The van der Waals surface area contributed by atoms with Crippen LogP contribution < -0.4 is 5.32 Å². The van der Waals surface area contributed by atoms with Crippen molar-refractivity contribution in [3.63, 3.8) is 0 Å². The number of likely N-dealkylation sites (tertiary alicyclic amines) is 1. The molecular weight excluding hydrogens is 416 g/mol. The highest BCUT2D eigenvalue weighted by Gasteiger charge is 2.31. The van der Waals surface area contributed by atoms with E-state index in [4.69, 9.17) is 4.74 Å². The lowest BCUT2D eigenvalue weighted by Crippen LogP contribution is -2.45. The van der Waals surface area contributed by atoms with Gasteiger partial charge in [0.25, 0.3) is 0 Å². The van der Waals surface area contributed by atoms with E-state index >= 15 is 0 Å². The molecule has 1 saturated heterocycles. The normalized spacial score (nSPS) is 24.3. The van der Waals surface area contributed by atoms with E-state index in [-0.39, 0.29) is 5.82 Å². The second kappa shape index (κ2) is 10.8. The fraction of sp³-hybridized carbons (Fsp3) is 0.769. The third kappa shape index (κ3) is 5.67. The number of hydrogen-bond acceptors (Lipinski definition) is 6. The number of aryl methyl sites for hydroxylation is 1. The maximum absolute atomic E-state index is 13.0. The van der Waals surface area contributed by atoms with Gasteiger partial charge >= 0.3 is 5.97 Å². The van der Waals surface area contributed by atoms with Crippen LogP contribution in [0.5, 0.6) is 0 Å². The smallest absolute Gasteiger partial charge is 0.376 e. The maximum atomic E-state index is 13.0. The minimum absolute atomic E-state index is 0.140. The van der Waals surface area contributed by atoms with Gasteiger partial charge in [0.15, 0.2) is 0 Å². The van der Waals surface area contributed by atoms with Crippen molar-refractivity contribution in [3.8, 4) is 0 Å². The van der Waals surface area contributed by atoms with Crippen molar-refractivity contribution < 1.29 is 14.3 Å². The third-order valence-electron chi connectivity index (χ3n) is 8.22. The summed E-state index contributed by atoms with van der Waals surface area (Å²) in [7, 11) is 1.36. The second-order valence-corrected chi connectivity index (χ2v) is 10.5. The molecule has 7 heteroatoms. The van der Waals surface area contributed by atoms with E-state index in [1.807, 2.05) is 0 Å². The van der Waals surface area contributed by atoms with Crippen molar-refractivity contribution >= 4 is 17.7 Å². The lowest BCUT2D eigenvalue weighted by atomic mass is 9.79. The molecule has 0 spiro atoms. The molecule has 0 radical (unpaired) electrons. The lowest BCUT2D eigenvalue weighted by Gasteiger charge is -2.38. The van der Waals surface area contributed by atoms with E-state index in [0.29, 0.717) is 30.1 Å². The predicted octanol–water partition coefficient (Wildman–Crippen LogP) is 4.25. The summed E-state index contributed by atoms with van der Waals surface area (Å²) in [5.74, 6) is 2.89. The number of piperidine rings is 1. The highest BCUT2D eigenvalue weighted by atomic mass is 16.5. The molecule has 2 fully saturated rings. The van der Waals surface area contributed by atoms with Crippen LogP contribution in [-0.2, 0) is 22.4 Å². The molecule has 2 heterocycles. The van der Waals surface area contributed by atoms with Gasteiger partial charge in [-0.1, -0.05) is 46.0 Å². The van der Waals surface area contributed by atoms with Crippen LogP contribution >= 0.6 is 0 Å². The number of hydrogen-bond donors (Lipinski definition) is 1. The first-order valence-electron chi connectivity index (χ1n) is 13.0. The third-order valence-corrected chi connectivity index (χ3v) is 8.22. The van der Waals surface area contributed by atoms with E-state index in [9.17, 15) is 9.59 Å². The summed E-state index contributed by atoms with van der Waals surface area (Å²) in [6.07, 6.45) is 11.2. The molecule has 1 aliphatic heterocycles. The highest BCUT2D eigenvalue weighted by Crippen LogP contribution is 2.33. The van der Waals surface area contributed by atoms with Gasteiger partial charge in [0.1, 0.15) is 5.82 Å². The van der Waals surface area contributed by atoms with Gasteiger partial charge in [0.2, 0.25) is 11.7 Å². The maximum Gasteiger partial charge on any atom is 0.376 e. The van der Waals surface area contributed by atoms with Gasteiger partial charge in [0, 0.05) is 31.6 Å². The van der Waals surface area contributed by atoms with Crippen molar-refractivity contribution in [1.29, 1.82) is 0 Å². The van der Waals surface area contributed by atoms with Gasteiger partial charge in [-0.15, -0.1) is 0 Å². The van der Waals surface area contributed by atoms with E-state index in [0.717, 1.165) is 68.3 Å². The number of nitrogens with one attached hydrogen (secondary N) is 1. The number of methoxy groups -OCH3 is 1. The molecule has 33 heavy (non-hydrogen) atoms. The summed E-state index contributed by atoms with van der Waals surface area (Å²) in [4.78, 5) is 36.0. The minimum Gasteiger partial charge on any atom is -0.463 e. The number of esters is 1. The zero-order valence-electron chi connectivity index (χ0n) is 20.6. The van der Waals surface area contributed by atoms with Gasteiger partial charge in [-0.2, -0.15) is 0 Å². The number of fused-ring (bicyclic) bond motifs is 1. The largest absolute Gasteiger partial charge is 0.463 e. The predicted molar refractivity (Wildman–Crippen MR) is 128 cm³/mol. The number of carbonyl (C=O) groups excluding carboxylic acids is 2. The van der Waals surface area contributed by atoms with Crippen LogP contribution in [0.15, 0.2) is 0 Å². The Hall–Kier alpha value is -2.18. The minimum atomic E-state index is -0.490. The summed E-state index contributed by atoms with van der Waals surface area (Å²) in [6, 6.07) is 0. The molecule has 1 N–H and O–H groups in total. The fourth-order valence-electron chi connectivity index (χ4n) is 5.99. The zero-order valence-corrected chi connectivity index (χ0v) is 20.6. The number of anilines is 1. The van der Waals surface area contributed by atoms with Crippen LogP contribution in [0.2, 0.25) is 0 Å². The van der Waals surface area contributed by atoms with Gasteiger partial charge in [-0.25, -0.2) is 14.8 Å². The molecule has 1 amide bonds. The number of rotatable bonds is 7. The van der Waals surface area contributed by atoms with Crippen molar-refractivity contribution in [3.05, 3.63) is 17.1 Å². The Kier molecular flexibility index (Phi) is 7.86. The molecule has 0 bridgehead atoms. The van der Waals surface area contributed by atoms with Gasteiger partial charge < -0.3 is 15.0 Å². The van der Waals surface area contributed by atoms with E-state index in [1.165, 1.54) is 39.2 Å². The van der Waals surface area contributed by atoms with Crippen molar-refractivity contribution in [1.82, 2.24) is 14.9 Å². The van der Waals surface area contributed by atoms with Gasteiger partial charge in [-0.05, 0) is 49.4 Å². The first-order chi connectivity index (χ1) is 16.0. The standard InChI is InChI=1S/C26H40N4O3/c1-17(19-8-5-4-6-9-19)14-23(31)30-13-12-20(18(2)16-30)15-27-24-21-10-7-11-22(21)28-25(29-24)26(32)33-3/h17-20H,4-16H2,1-3H3,(H,27,28,29). The summed E-state index contributed by atoms with van der Waals surface area (Å²) in [5.41, 5.74) is 2.10. The first-order valence-corrected chi connectivity index (χ1v) is 13.0. The quantitative estimate of drug-likeness (QED) is 0.618. The summed E-state index contributed by atoms with van der Waals surface area (Å²) >= 11 is 0. The average molecular weight is 457 g/mol. The van der Waals surface area contributed by atoms with Crippen LogP contribution in [-0.4, -0.2) is 53.5 Å². The SMILES string of the molecule is COC(=O)c1nc2c(c(NCC3CCN(C(=O)CC(C)C4CCCCC4)CC3C)n1)CCC2. The van der Waals surface area contributed by atoms with E-state index in [2.05, 4.69) is 34.0 Å². The Labute approximate surface area is 198 Å². The highest BCUT2D eigenvalue weighted by molar-refractivity contribution is 5.85. The summed E-state index contributed by atoms with van der Waals surface area (Å²) in [6.45, 7) is 6.99. The van der Waals surface area contributed by atoms with Crippen LogP contribution in [0.4, 0.5) is 5.82 Å². The van der Waals surface area contributed by atoms with Crippen molar-refractivity contribution in [2.75, 3.05) is 32.1 Å². The molecule has 4 rings (SSSR count). The van der Waals surface area contributed by atoms with Crippen LogP contribution in [0.3, 0.4) is 0 Å². The number of ether oxygens (including phenoxy) is 1. The number of carbonyl (C=O) groups is 2. The number of aromatic nitrogens is 2. The van der Waals surface area contributed by atoms with Crippen molar-refractivity contribution in [2.24, 2.45) is 23.7 Å². The molecule has 0 aromatic carbocycles. The topological polar surface area (TPSA) is 84.4 Å². The number of nitrogens with zero attached hydrogens (tertiary/aromatic N) is 3. The van der Waals surface area contributed by atoms with E-state index in [1.54, 1.807) is 0 Å². The van der Waals surface area contributed by atoms with Crippen molar-refractivity contribution in [2.45, 2.75) is 78.1 Å². The summed E-state index contributed by atoms with van der Waals surface area (Å²) < 4.78 is 4.83. The van der Waals surface area contributed by atoms with Gasteiger partial charge in [-0.3, -0.25) is 4.79 Å². The number of amides is 1. The van der Waals surface area contributed by atoms with Crippen LogP contribution in [0.1, 0.15) is 87.1 Å². The van der Waals surface area contributed by atoms with Gasteiger partial charge in [0.05, 0.1) is 12.8 Å². The molecule has 1 saturated carbocycles. The Morgan fingerprint density at radius 3 is 2.64 bits per heavy atom. The Morgan fingerprint density at radius 2 is 1.91 bits per heavy atom. The molecule has 1 aromatic rings. The van der Waals surface area contributed by atoms with E-state index < -0.39 is 5.97 Å². The molecular formula is C26H40N4O3. The zero-order chi connectivity index (χ0) is 23.4. The molecule has 2 aliphatic carbocycles. The molecule has 1 aromatic heterocycles. The monoisotopic (exact) mass is 456 g/mol. The lowest BCUT2D eigenvalue weighted by molar-refractivity contribution is -0.135. The fourth-order valence-corrected chi connectivity index (χ4v) is 5.99. The molecule has 3 atom stereocenters. The van der Waals surface area contributed by atoms with Crippen LogP contribution in [0.25, 0.3) is 0 Å². The Balaban J connectivity index is 1.30. The molecule has 182 valence electrons.